The lowest BCUT2D eigenvalue weighted by Crippen LogP contribution is -2.23. The molecule has 116 valence electrons. The molecule has 1 fully saturated rings. The van der Waals surface area contributed by atoms with Gasteiger partial charge in [0.1, 0.15) is 0 Å². The number of hydrogen-bond acceptors (Lipinski definition) is 6. The van der Waals surface area contributed by atoms with Gasteiger partial charge in [0.15, 0.2) is 0 Å². The number of aromatic nitrogens is 4. The maximum absolute atomic E-state index is 5.80. The fraction of sp³-hybridized carbons (Fsp3) is 0.294. The molecule has 3 aromatic rings. The summed E-state index contributed by atoms with van der Waals surface area (Å²) < 4.78 is 5.80. The largest absolute Gasteiger partial charge is 0.419 e. The van der Waals surface area contributed by atoms with Gasteiger partial charge in [0.05, 0.1) is 12.1 Å². The molecule has 0 spiro atoms. The van der Waals surface area contributed by atoms with Gasteiger partial charge in [-0.15, -0.1) is 10.2 Å². The molecule has 3 aromatic heterocycles. The predicted octanol–water partition coefficient (Wildman–Crippen LogP) is 2.86. The first-order valence-electron chi connectivity index (χ1n) is 7.77. The van der Waals surface area contributed by atoms with Crippen molar-refractivity contribution >= 4 is 0 Å². The van der Waals surface area contributed by atoms with E-state index in [2.05, 4.69) is 31.1 Å². The molecule has 23 heavy (non-hydrogen) atoms. The van der Waals surface area contributed by atoms with Crippen LogP contribution >= 0.6 is 0 Å². The van der Waals surface area contributed by atoms with Crippen LogP contribution in [0.2, 0.25) is 0 Å². The van der Waals surface area contributed by atoms with Gasteiger partial charge in [0, 0.05) is 30.8 Å². The van der Waals surface area contributed by atoms with Gasteiger partial charge in [-0.2, -0.15) is 0 Å². The molecular weight excluding hydrogens is 290 g/mol. The van der Waals surface area contributed by atoms with Gasteiger partial charge in [-0.1, -0.05) is 6.07 Å². The summed E-state index contributed by atoms with van der Waals surface area (Å²) in [5.74, 6) is 1.16. The molecule has 0 aliphatic carbocycles. The van der Waals surface area contributed by atoms with Crippen LogP contribution in [-0.2, 0) is 6.54 Å². The van der Waals surface area contributed by atoms with Crippen LogP contribution in [0.25, 0.3) is 11.5 Å². The van der Waals surface area contributed by atoms with Gasteiger partial charge in [0.2, 0.25) is 11.8 Å². The molecule has 1 unspecified atom stereocenters. The maximum Gasteiger partial charge on any atom is 0.249 e. The second-order valence-corrected chi connectivity index (χ2v) is 5.66. The minimum atomic E-state index is 0.373. The summed E-state index contributed by atoms with van der Waals surface area (Å²) in [6.45, 7) is 1.69. The highest BCUT2D eigenvalue weighted by molar-refractivity contribution is 5.49. The fourth-order valence-corrected chi connectivity index (χ4v) is 3.06. The Balaban J connectivity index is 1.51. The number of pyridine rings is 2. The Bertz CT molecular complexity index is 759. The van der Waals surface area contributed by atoms with Crippen molar-refractivity contribution in [3.63, 3.8) is 0 Å². The van der Waals surface area contributed by atoms with Crippen LogP contribution in [0.15, 0.2) is 53.5 Å². The molecular formula is C17H17N5O. The first-order valence-corrected chi connectivity index (χ1v) is 7.77. The van der Waals surface area contributed by atoms with Crippen LogP contribution in [0.1, 0.15) is 30.3 Å². The summed E-state index contributed by atoms with van der Waals surface area (Å²) >= 11 is 0. The summed E-state index contributed by atoms with van der Waals surface area (Å²) in [5.41, 5.74) is 2.09. The lowest BCUT2D eigenvalue weighted by atomic mass is 10.1. The average Bonchev–Trinajstić information content (AvgIpc) is 3.26. The van der Waals surface area contributed by atoms with Crippen molar-refractivity contribution in [1.82, 2.24) is 25.1 Å². The van der Waals surface area contributed by atoms with E-state index in [4.69, 9.17) is 4.42 Å². The van der Waals surface area contributed by atoms with Gasteiger partial charge < -0.3 is 4.42 Å². The van der Waals surface area contributed by atoms with Crippen molar-refractivity contribution in [2.75, 3.05) is 6.54 Å². The Hall–Kier alpha value is -2.60. The number of hydrogen-bond donors (Lipinski definition) is 0. The Morgan fingerprint density at radius 1 is 1.09 bits per heavy atom. The molecule has 0 saturated carbocycles. The van der Waals surface area contributed by atoms with Gasteiger partial charge in [-0.3, -0.25) is 14.9 Å². The summed E-state index contributed by atoms with van der Waals surface area (Å²) in [5, 5.41) is 8.31. The summed E-state index contributed by atoms with van der Waals surface area (Å²) in [6.07, 6.45) is 9.51. The van der Waals surface area contributed by atoms with E-state index in [0.29, 0.717) is 24.4 Å². The van der Waals surface area contributed by atoms with Crippen LogP contribution in [-0.4, -0.2) is 31.6 Å². The van der Waals surface area contributed by atoms with Crippen molar-refractivity contribution < 1.29 is 4.42 Å². The van der Waals surface area contributed by atoms with E-state index in [1.807, 2.05) is 24.4 Å². The number of likely N-dealkylation sites (tertiary alicyclic amines) is 1. The average molecular weight is 307 g/mol. The summed E-state index contributed by atoms with van der Waals surface area (Å²) in [4.78, 5) is 10.7. The molecule has 1 atom stereocenters. The molecule has 4 rings (SSSR count). The number of rotatable bonds is 4. The zero-order valence-corrected chi connectivity index (χ0v) is 12.7. The molecule has 1 aliphatic heterocycles. The smallest absolute Gasteiger partial charge is 0.249 e. The van der Waals surface area contributed by atoms with E-state index in [1.165, 1.54) is 12.0 Å². The van der Waals surface area contributed by atoms with E-state index in [0.717, 1.165) is 18.5 Å². The van der Waals surface area contributed by atoms with Gasteiger partial charge in [-0.25, -0.2) is 0 Å². The van der Waals surface area contributed by atoms with E-state index >= 15 is 0 Å². The summed E-state index contributed by atoms with van der Waals surface area (Å²) in [7, 11) is 0. The van der Waals surface area contributed by atoms with E-state index < -0.39 is 0 Å². The quantitative estimate of drug-likeness (QED) is 0.738. The van der Waals surface area contributed by atoms with E-state index in [1.54, 1.807) is 18.6 Å². The second-order valence-electron chi connectivity index (χ2n) is 5.66. The van der Waals surface area contributed by atoms with Crippen LogP contribution in [0.4, 0.5) is 0 Å². The standard InChI is InChI=1S/C17H17N5O/c1-4-13(10-18-7-1)15-6-3-9-22(15)12-16-20-21-17(23-16)14-5-2-8-19-11-14/h1-2,4-5,7-8,10-11,15H,3,6,9,12H2. The fourth-order valence-electron chi connectivity index (χ4n) is 3.06. The molecule has 0 aromatic carbocycles. The molecule has 0 bridgehead atoms. The lowest BCUT2D eigenvalue weighted by Gasteiger charge is -2.22. The van der Waals surface area contributed by atoms with Crippen LogP contribution in [0.3, 0.4) is 0 Å². The molecule has 1 saturated heterocycles. The van der Waals surface area contributed by atoms with Crippen molar-refractivity contribution in [2.24, 2.45) is 0 Å². The summed E-state index contributed by atoms with van der Waals surface area (Å²) in [6, 6.07) is 8.26. The third-order valence-corrected chi connectivity index (χ3v) is 4.15. The maximum atomic E-state index is 5.80. The zero-order chi connectivity index (χ0) is 15.5. The molecule has 6 nitrogen and oxygen atoms in total. The Morgan fingerprint density at radius 2 is 1.96 bits per heavy atom. The third-order valence-electron chi connectivity index (χ3n) is 4.15. The monoisotopic (exact) mass is 307 g/mol. The molecule has 0 amide bonds. The SMILES string of the molecule is c1cncc(-c2nnc(CN3CCCC3c3cccnc3)o2)c1. The highest BCUT2D eigenvalue weighted by Gasteiger charge is 2.27. The molecule has 1 aliphatic rings. The second kappa shape index (κ2) is 6.26. The van der Waals surface area contributed by atoms with Gasteiger partial charge in [0.25, 0.3) is 0 Å². The molecule has 0 N–H and O–H groups in total. The zero-order valence-electron chi connectivity index (χ0n) is 12.7. The lowest BCUT2D eigenvalue weighted by molar-refractivity contribution is 0.224. The third kappa shape index (κ3) is 2.98. The normalized spacial score (nSPS) is 18.3. The van der Waals surface area contributed by atoms with E-state index in [-0.39, 0.29) is 0 Å². The minimum absolute atomic E-state index is 0.373. The van der Waals surface area contributed by atoms with Crippen molar-refractivity contribution in [3.05, 3.63) is 60.5 Å². The first kappa shape index (κ1) is 14.0. The van der Waals surface area contributed by atoms with Crippen molar-refractivity contribution in [2.45, 2.75) is 25.4 Å². The number of nitrogens with zero attached hydrogens (tertiary/aromatic N) is 5. The van der Waals surface area contributed by atoms with Crippen LogP contribution in [0.5, 0.6) is 0 Å². The molecule has 0 radical (unpaired) electrons. The topological polar surface area (TPSA) is 67.9 Å². The molecule has 6 heteroatoms. The Labute approximate surface area is 134 Å². The predicted molar refractivity (Wildman–Crippen MR) is 84.2 cm³/mol. The first-order chi connectivity index (χ1) is 11.4. The van der Waals surface area contributed by atoms with E-state index in [9.17, 15) is 0 Å². The van der Waals surface area contributed by atoms with Crippen LogP contribution in [0, 0.1) is 0 Å². The van der Waals surface area contributed by atoms with Crippen molar-refractivity contribution in [1.29, 1.82) is 0 Å². The minimum Gasteiger partial charge on any atom is -0.419 e. The van der Waals surface area contributed by atoms with Gasteiger partial charge in [-0.05, 0) is 43.1 Å². The Morgan fingerprint density at radius 3 is 2.74 bits per heavy atom. The highest BCUT2D eigenvalue weighted by atomic mass is 16.4. The Kier molecular flexibility index (Phi) is 3.81. The highest BCUT2D eigenvalue weighted by Crippen LogP contribution is 2.32. The van der Waals surface area contributed by atoms with Crippen LogP contribution < -0.4 is 0 Å². The molecule has 4 heterocycles. The van der Waals surface area contributed by atoms with Crippen molar-refractivity contribution in [3.8, 4) is 11.5 Å². The van der Waals surface area contributed by atoms with Gasteiger partial charge >= 0.3 is 0 Å².